The number of methoxy groups -OCH3 is 1. The Morgan fingerprint density at radius 2 is 2.17 bits per heavy atom. The van der Waals surface area contributed by atoms with E-state index >= 15 is 0 Å². The molecular weight excluding hydrogens is 326 g/mol. The van der Waals surface area contributed by atoms with Crippen LogP contribution in [0.2, 0.25) is 0 Å². The average Bonchev–Trinajstić information content (AvgIpc) is 2.61. The van der Waals surface area contributed by atoms with Crippen LogP contribution in [0.15, 0.2) is 17.6 Å². The van der Waals surface area contributed by atoms with Crippen LogP contribution in [0, 0.1) is 5.41 Å². The maximum atomic E-state index is 12.6. The molecule has 6 nitrogen and oxygen atoms in total. The summed E-state index contributed by atoms with van der Waals surface area (Å²) in [5.41, 5.74) is 0.601. The van der Waals surface area contributed by atoms with Gasteiger partial charge in [0.15, 0.2) is 5.16 Å². The molecule has 24 heavy (non-hydrogen) atoms. The van der Waals surface area contributed by atoms with Gasteiger partial charge in [-0.1, -0.05) is 11.8 Å². The highest BCUT2D eigenvalue weighted by atomic mass is 32.2. The molecule has 0 N–H and O–H groups in total. The number of hydrogen-bond donors (Lipinski definition) is 0. The van der Waals surface area contributed by atoms with E-state index < -0.39 is 5.41 Å². The third-order valence-corrected chi connectivity index (χ3v) is 5.00. The SMILES string of the molecule is CCOC(=O)[C@@]1(CCOC)CCCN(Cc2cnc(SC)nc2)C1. The number of likely N-dealkylation sites (tertiary alicyclic amines) is 1. The van der Waals surface area contributed by atoms with Crippen molar-refractivity contribution in [2.75, 3.05) is 39.7 Å². The van der Waals surface area contributed by atoms with E-state index in [4.69, 9.17) is 9.47 Å². The Labute approximate surface area is 148 Å². The normalized spacial score (nSPS) is 21.6. The Hall–Kier alpha value is -1.18. The second kappa shape index (κ2) is 9.34. The zero-order chi connectivity index (χ0) is 17.4. The van der Waals surface area contributed by atoms with Crippen LogP contribution in [0.4, 0.5) is 0 Å². The number of piperidine rings is 1. The topological polar surface area (TPSA) is 64.6 Å². The van der Waals surface area contributed by atoms with Gasteiger partial charge in [0.1, 0.15) is 0 Å². The van der Waals surface area contributed by atoms with Crippen molar-refractivity contribution in [1.82, 2.24) is 14.9 Å². The van der Waals surface area contributed by atoms with E-state index in [1.165, 1.54) is 11.8 Å². The lowest BCUT2D eigenvalue weighted by atomic mass is 9.77. The zero-order valence-electron chi connectivity index (χ0n) is 14.8. The minimum Gasteiger partial charge on any atom is -0.466 e. The number of aromatic nitrogens is 2. The number of carbonyl (C=O) groups is 1. The number of rotatable bonds is 8. The molecule has 0 saturated carbocycles. The maximum absolute atomic E-state index is 12.6. The molecule has 2 rings (SSSR count). The molecule has 0 aromatic carbocycles. The van der Waals surface area contributed by atoms with Crippen molar-refractivity contribution < 1.29 is 14.3 Å². The summed E-state index contributed by atoms with van der Waals surface area (Å²) in [6, 6.07) is 0. The highest BCUT2D eigenvalue weighted by molar-refractivity contribution is 7.98. The van der Waals surface area contributed by atoms with E-state index in [1.807, 2.05) is 25.6 Å². The first-order valence-electron chi connectivity index (χ1n) is 8.37. The van der Waals surface area contributed by atoms with Crippen LogP contribution in [0.25, 0.3) is 0 Å². The molecule has 2 heterocycles. The predicted molar refractivity (Wildman–Crippen MR) is 93.9 cm³/mol. The van der Waals surface area contributed by atoms with Crippen molar-refractivity contribution in [3.05, 3.63) is 18.0 Å². The molecule has 1 atom stereocenters. The summed E-state index contributed by atoms with van der Waals surface area (Å²) in [5.74, 6) is -0.0965. The highest BCUT2D eigenvalue weighted by Gasteiger charge is 2.43. The Balaban J connectivity index is 2.06. The van der Waals surface area contributed by atoms with Crippen LogP contribution < -0.4 is 0 Å². The first-order chi connectivity index (χ1) is 11.6. The van der Waals surface area contributed by atoms with E-state index in [1.54, 1.807) is 7.11 Å². The lowest BCUT2D eigenvalue weighted by Crippen LogP contribution is -2.48. The van der Waals surface area contributed by atoms with Gasteiger partial charge in [-0.25, -0.2) is 9.97 Å². The molecule has 0 spiro atoms. The van der Waals surface area contributed by atoms with Crippen molar-refractivity contribution in [1.29, 1.82) is 0 Å². The highest BCUT2D eigenvalue weighted by Crippen LogP contribution is 2.35. The Morgan fingerprint density at radius 1 is 1.42 bits per heavy atom. The van der Waals surface area contributed by atoms with E-state index in [0.29, 0.717) is 26.2 Å². The second-order valence-corrected chi connectivity index (χ2v) is 6.91. The lowest BCUT2D eigenvalue weighted by molar-refractivity contribution is -0.160. The number of hydrogen-bond acceptors (Lipinski definition) is 7. The van der Waals surface area contributed by atoms with Gasteiger partial charge in [-0.05, 0) is 39.0 Å². The maximum Gasteiger partial charge on any atom is 0.313 e. The summed E-state index contributed by atoms with van der Waals surface area (Å²) in [4.78, 5) is 23.5. The molecule has 1 aliphatic heterocycles. The summed E-state index contributed by atoms with van der Waals surface area (Å²) < 4.78 is 10.6. The lowest BCUT2D eigenvalue weighted by Gasteiger charge is -2.40. The van der Waals surface area contributed by atoms with E-state index in [0.717, 1.165) is 36.7 Å². The smallest absolute Gasteiger partial charge is 0.313 e. The van der Waals surface area contributed by atoms with E-state index in [-0.39, 0.29) is 5.97 Å². The van der Waals surface area contributed by atoms with Gasteiger partial charge in [0.2, 0.25) is 0 Å². The summed E-state index contributed by atoms with van der Waals surface area (Å²) in [7, 11) is 1.67. The third-order valence-electron chi connectivity index (χ3n) is 4.42. The van der Waals surface area contributed by atoms with Gasteiger partial charge in [-0.2, -0.15) is 0 Å². The molecule has 1 fully saturated rings. The molecule has 134 valence electrons. The van der Waals surface area contributed by atoms with Gasteiger partial charge in [-0.15, -0.1) is 0 Å². The van der Waals surface area contributed by atoms with Gasteiger partial charge < -0.3 is 9.47 Å². The number of thioether (sulfide) groups is 1. The van der Waals surface area contributed by atoms with Gasteiger partial charge in [0, 0.05) is 44.8 Å². The quantitative estimate of drug-likeness (QED) is 0.404. The zero-order valence-corrected chi connectivity index (χ0v) is 15.6. The summed E-state index contributed by atoms with van der Waals surface area (Å²) in [5, 5.41) is 0.776. The van der Waals surface area contributed by atoms with E-state index in [2.05, 4.69) is 14.9 Å². The van der Waals surface area contributed by atoms with Gasteiger partial charge in [0.05, 0.1) is 12.0 Å². The predicted octanol–water partition coefficient (Wildman–Crippen LogP) is 2.38. The van der Waals surface area contributed by atoms with Crippen molar-refractivity contribution in [3.63, 3.8) is 0 Å². The van der Waals surface area contributed by atoms with Gasteiger partial charge in [-0.3, -0.25) is 9.69 Å². The fraction of sp³-hybridized carbons (Fsp3) is 0.706. The van der Waals surface area contributed by atoms with Crippen molar-refractivity contribution >= 4 is 17.7 Å². The van der Waals surface area contributed by atoms with Crippen molar-refractivity contribution in [2.24, 2.45) is 5.41 Å². The Bertz CT molecular complexity index is 526. The number of nitrogens with zero attached hydrogens (tertiary/aromatic N) is 3. The third kappa shape index (κ3) is 4.91. The van der Waals surface area contributed by atoms with E-state index in [9.17, 15) is 4.79 Å². The number of ether oxygens (including phenoxy) is 2. The first-order valence-corrected chi connectivity index (χ1v) is 9.59. The number of esters is 1. The summed E-state index contributed by atoms with van der Waals surface area (Å²) >= 11 is 1.53. The molecular formula is C17H27N3O3S. The van der Waals surface area contributed by atoms with Crippen LogP contribution in [-0.4, -0.2) is 60.5 Å². The molecule has 1 aliphatic rings. The first kappa shape index (κ1) is 19.1. The molecule has 0 aliphatic carbocycles. The van der Waals surface area contributed by atoms with Crippen LogP contribution in [-0.2, 0) is 20.8 Å². The van der Waals surface area contributed by atoms with Crippen molar-refractivity contribution in [3.8, 4) is 0 Å². The fourth-order valence-electron chi connectivity index (χ4n) is 3.20. The van der Waals surface area contributed by atoms with Crippen LogP contribution >= 0.6 is 11.8 Å². The molecule has 0 radical (unpaired) electrons. The monoisotopic (exact) mass is 353 g/mol. The Morgan fingerprint density at radius 3 is 2.79 bits per heavy atom. The van der Waals surface area contributed by atoms with Gasteiger partial charge in [0.25, 0.3) is 0 Å². The second-order valence-electron chi connectivity index (χ2n) is 6.14. The minimum absolute atomic E-state index is 0.0965. The number of carbonyl (C=O) groups excluding carboxylic acids is 1. The summed E-state index contributed by atoms with van der Waals surface area (Å²) in [6.07, 6.45) is 8.23. The van der Waals surface area contributed by atoms with Crippen LogP contribution in [0.1, 0.15) is 31.7 Å². The molecule has 7 heteroatoms. The van der Waals surface area contributed by atoms with Gasteiger partial charge >= 0.3 is 5.97 Å². The molecule has 1 aromatic rings. The Kier molecular flexibility index (Phi) is 7.45. The standard InChI is InChI=1S/C17H27N3O3S/c1-4-23-15(21)17(7-9-22-2)6-5-8-20(13-17)12-14-10-18-16(24-3)19-11-14/h10-11H,4-9,12-13H2,1-3H3/t17-/m1/s1. The summed E-state index contributed by atoms with van der Waals surface area (Å²) in [6.45, 7) is 5.25. The fourth-order valence-corrected chi connectivity index (χ4v) is 3.52. The minimum atomic E-state index is -0.468. The van der Waals surface area contributed by atoms with Crippen molar-refractivity contribution in [2.45, 2.75) is 37.9 Å². The molecule has 0 amide bonds. The molecule has 0 unspecified atom stereocenters. The molecule has 1 saturated heterocycles. The molecule has 0 bridgehead atoms. The van der Waals surface area contributed by atoms with Crippen LogP contribution in [0.5, 0.6) is 0 Å². The average molecular weight is 353 g/mol. The van der Waals surface area contributed by atoms with Crippen LogP contribution in [0.3, 0.4) is 0 Å². The largest absolute Gasteiger partial charge is 0.466 e. The molecule has 1 aromatic heterocycles.